The van der Waals surface area contributed by atoms with Gasteiger partial charge in [-0.2, -0.15) is 0 Å². The minimum absolute atomic E-state index is 0. The van der Waals surface area contributed by atoms with Crippen LogP contribution in [0.5, 0.6) is 0 Å². The predicted octanol–water partition coefficient (Wildman–Crippen LogP) is 0.949. The molecule has 0 aromatic heterocycles. The monoisotopic (exact) mass is 306 g/mol. The van der Waals surface area contributed by atoms with Crippen LogP contribution in [0.3, 0.4) is 0 Å². The predicted molar refractivity (Wildman–Crippen MR) is 77.7 cm³/mol. The number of carbonyl (C=O) groups is 1. The van der Waals surface area contributed by atoms with Gasteiger partial charge in [0.1, 0.15) is 6.61 Å². The lowest BCUT2D eigenvalue weighted by Gasteiger charge is -2.05. The van der Waals surface area contributed by atoms with Gasteiger partial charge in [0.25, 0.3) is 0 Å². The normalized spacial score (nSPS) is 9.30. The second-order valence-electron chi connectivity index (χ2n) is 3.58. The Bertz CT molecular complexity index is 354. The van der Waals surface area contributed by atoms with E-state index < -0.39 is 0 Å². The highest BCUT2D eigenvalue weighted by Crippen LogP contribution is 2.18. The Labute approximate surface area is 123 Å². The van der Waals surface area contributed by atoms with E-state index in [0.717, 1.165) is 4.90 Å². The lowest BCUT2D eigenvalue weighted by molar-refractivity contribution is -0.148. The van der Waals surface area contributed by atoms with E-state index in [-0.39, 0.29) is 23.5 Å². The van der Waals surface area contributed by atoms with Crippen LogP contribution < -0.4 is 0 Å². The van der Waals surface area contributed by atoms with Crippen LogP contribution >= 0.6 is 12.0 Å². The van der Waals surface area contributed by atoms with Gasteiger partial charge in [-0.3, -0.25) is 0 Å². The van der Waals surface area contributed by atoms with Crippen LogP contribution in [0.15, 0.2) is 29.2 Å². The maximum atomic E-state index is 10.9. The minimum Gasteiger partial charge on any atom is -0.464 e. The van der Waals surface area contributed by atoms with Crippen LogP contribution in [-0.2, 0) is 18.5 Å². The highest BCUT2D eigenvalue weighted by Gasteiger charge is 2.01. The number of hydrogen-bond donors (Lipinski definition) is 0. The van der Waals surface area contributed by atoms with Crippen molar-refractivity contribution in [3.63, 3.8) is 0 Å². The molecule has 116 valence electrons. The molecule has 0 radical (unpaired) electrons. The van der Waals surface area contributed by atoms with Crippen LogP contribution in [0.1, 0.15) is 12.5 Å². The second-order valence-corrected chi connectivity index (χ2v) is 4.45. The number of esters is 1. The van der Waals surface area contributed by atoms with Gasteiger partial charge >= 0.3 is 5.97 Å². The summed E-state index contributed by atoms with van der Waals surface area (Å²) in [4.78, 5) is 12.0. The summed E-state index contributed by atoms with van der Waals surface area (Å²) >= 11 is 1.30. The van der Waals surface area contributed by atoms with E-state index in [4.69, 9.17) is 13.7 Å². The first-order valence-electron chi connectivity index (χ1n) is 5.82. The summed E-state index contributed by atoms with van der Waals surface area (Å²) < 4.78 is 15.2. The average molecular weight is 306 g/mol. The molecule has 7 heteroatoms. The van der Waals surface area contributed by atoms with Crippen LogP contribution in [0, 0.1) is 6.92 Å². The van der Waals surface area contributed by atoms with E-state index in [1.54, 1.807) is 6.92 Å². The first kappa shape index (κ1) is 21.2. The third-order valence-electron chi connectivity index (χ3n) is 2.01. The maximum Gasteiger partial charge on any atom is 0.332 e. The summed E-state index contributed by atoms with van der Waals surface area (Å²) in [7, 11) is 0. The first-order valence-corrected chi connectivity index (χ1v) is 6.56. The fourth-order valence-corrected chi connectivity index (χ4v) is 1.69. The van der Waals surface area contributed by atoms with Gasteiger partial charge in [0, 0.05) is 16.9 Å². The molecule has 0 saturated heterocycles. The SMILES string of the molecule is CCOC(=O)COCCOSc1ccc(C)cc1.O.O. The molecule has 4 N–H and O–H groups in total. The van der Waals surface area contributed by atoms with Crippen molar-refractivity contribution in [3.8, 4) is 0 Å². The summed E-state index contributed by atoms with van der Waals surface area (Å²) in [5, 5.41) is 0. The molecule has 6 nitrogen and oxygen atoms in total. The van der Waals surface area contributed by atoms with Crippen molar-refractivity contribution in [2.24, 2.45) is 0 Å². The van der Waals surface area contributed by atoms with Crippen molar-refractivity contribution in [1.82, 2.24) is 0 Å². The zero-order valence-corrected chi connectivity index (χ0v) is 12.5. The van der Waals surface area contributed by atoms with Gasteiger partial charge in [0.05, 0.1) is 19.8 Å². The maximum absolute atomic E-state index is 10.9. The number of ether oxygens (including phenoxy) is 2. The van der Waals surface area contributed by atoms with Crippen molar-refractivity contribution in [2.75, 3.05) is 26.4 Å². The zero-order valence-electron chi connectivity index (χ0n) is 11.7. The van der Waals surface area contributed by atoms with Crippen molar-refractivity contribution in [1.29, 1.82) is 0 Å². The summed E-state index contributed by atoms with van der Waals surface area (Å²) in [6.07, 6.45) is 0. The minimum atomic E-state index is -0.344. The Kier molecular flexibility index (Phi) is 13.7. The van der Waals surface area contributed by atoms with Crippen molar-refractivity contribution in [2.45, 2.75) is 18.7 Å². The van der Waals surface area contributed by atoms with Crippen LogP contribution in [0.4, 0.5) is 0 Å². The van der Waals surface area contributed by atoms with E-state index in [1.165, 1.54) is 17.6 Å². The molecule has 0 fully saturated rings. The summed E-state index contributed by atoms with van der Waals surface area (Å²) in [5.41, 5.74) is 1.22. The fraction of sp³-hybridized carbons (Fsp3) is 0.462. The van der Waals surface area contributed by atoms with E-state index in [0.29, 0.717) is 19.8 Å². The highest BCUT2D eigenvalue weighted by atomic mass is 32.2. The Morgan fingerprint density at radius 3 is 2.40 bits per heavy atom. The summed E-state index contributed by atoms with van der Waals surface area (Å²) in [5.74, 6) is -0.344. The van der Waals surface area contributed by atoms with Gasteiger partial charge in [0.2, 0.25) is 0 Å². The van der Waals surface area contributed by atoms with Crippen molar-refractivity contribution >= 4 is 18.0 Å². The van der Waals surface area contributed by atoms with Crippen molar-refractivity contribution in [3.05, 3.63) is 29.8 Å². The number of rotatable bonds is 8. The topological polar surface area (TPSA) is 108 Å². The quantitative estimate of drug-likeness (QED) is 0.403. The molecule has 20 heavy (non-hydrogen) atoms. The van der Waals surface area contributed by atoms with E-state index in [9.17, 15) is 4.79 Å². The molecule has 0 aliphatic carbocycles. The summed E-state index contributed by atoms with van der Waals surface area (Å²) in [6.45, 7) is 4.96. The number of hydrogen-bond acceptors (Lipinski definition) is 5. The van der Waals surface area contributed by atoms with Gasteiger partial charge in [-0.25, -0.2) is 4.79 Å². The van der Waals surface area contributed by atoms with E-state index >= 15 is 0 Å². The van der Waals surface area contributed by atoms with E-state index in [2.05, 4.69) is 0 Å². The molecule has 0 amide bonds. The molecule has 0 spiro atoms. The van der Waals surface area contributed by atoms with Crippen molar-refractivity contribution < 1.29 is 29.4 Å². The standard InChI is InChI=1S/C13H18O4S.2H2O/c1-3-16-13(14)10-15-8-9-17-18-12-6-4-11(2)5-7-12;;/h4-7H,3,8-10H2,1-2H3;2*1H2. The van der Waals surface area contributed by atoms with Gasteiger partial charge in [-0.15, -0.1) is 0 Å². The Hall–Kier alpha value is -1.12. The number of aryl methyl sites for hydroxylation is 1. The second kappa shape index (κ2) is 12.9. The molecule has 0 saturated carbocycles. The molecule has 0 aliphatic heterocycles. The zero-order chi connectivity index (χ0) is 13.2. The third-order valence-corrected chi connectivity index (χ3v) is 2.76. The fourth-order valence-electron chi connectivity index (χ4n) is 1.15. The largest absolute Gasteiger partial charge is 0.464 e. The summed E-state index contributed by atoms with van der Waals surface area (Å²) in [6, 6.07) is 8.06. The molecule has 1 rings (SSSR count). The first-order chi connectivity index (χ1) is 8.72. The van der Waals surface area contributed by atoms with Gasteiger partial charge in [-0.1, -0.05) is 17.7 Å². The van der Waals surface area contributed by atoms with Crippen LogP contribution in [0.25, 0.3) is 0 Å². The molecule has 0 aliphatic rings. The van der Waals surface area contributed by atoms with E-state index in [1.807, 2.05) is 31.2 Å². The molecule has 0 atom stereocenters. The lowest BCUT2D eigenvalue weighted by atomic mass is 10.2. The molecular formula is C13H22O6S. The molecule has 0 heterocycles. The average Bonchev–Trinajstić information content (AvgIpc) is 2.36. The number of carbonyl (C=O) groups excluding carboxylic acids is 1. The Morgan fingerprint density at radius 1 is 1.15 bits per heavy atom. The third kappa shape index (κ3) is 9.76. The molecule has 0 bridgehead atoms. The molecule has 1 aromatic rings. The molecular weight excluding hydrogens is 284 g/mol. The van der Waals surface area contributed by atoms with Crippen LogP contribution in [-0.4, -0.2) is 43.3 Å². The van der Waals surface area contributed by atoms with Gasteiger partial charge in [-0.05, 0) is 26.0 Å². The highest BCUT2D eigenvalue weighted by molar-refractivity contribution is 7.94. The van der Waals surface area contributed by atoms with Crippen LogP contribution in [0.2, 0.25) is 0 Å². The Morgan fingerprint density at radius 2 is 1.80 bits per heavy atom. The van der Waals surface area contributed by atoms with Gasteiger partial charge < -0.3 is 24.6 Å². The Balaban J connectivity index is 0. The molecule has 0 unspecified atom stereocenters. The smallest absolute Gasteiger partial charge is 0.332 e. The van der Waals surface area contributed by atoms with Gasteiger partial charge in [0.15, 0.2) is 0 Å². The molecule has 1 aromatic carbocycles. The number of benzene rings is 1. The lowest BCUT2D eigenvalue weighted by Crippen LogP contribution is -2.14.